The number of nitro benzene ring substituents is 1. The average molecular weight is 274 g/mol. The molecule has 0 aliphatic heterocycles. The summed E-state index contributed by atoms with van der Waals surface area (Å²) in [4.78, 5) is 21.6. The highest BCUT2D eigenvalue weighted by atomic mass is 19.2. The van der Waals surface area contributed by atoms with Gasteiger partial charge in [0.15, 0.2) is 17.3 Å². The van der Waals surface area contributed by atoms with Gasteiger partial charge in [-0.1, -0.05) is 0 Å². The normalized spacial score (nSPS) is 10.6. The molecule has 0 spiro atoms. The van der Waals surface area contributed by atoms with E-state index in [0.717, 1.165) is 11.0 Å². The number of aliphatic carboxylic acids is 1. The second-order valence-electron chi connectivity index (χ2n) is 4.10. The van der Waals surface area contributed by atoms with Gasteiger partial charge < -0.3 is 10.0 Å². The highest BCUT2D eigenvalue weighted by Gasteiger charge is 2.29. The van der Waals surface area contributed by atoms with Crippen LogP contribution in [-0.4, -0.2) is 28.6 Å². The minimum absolute atomic E-state index is 0.550. The van der Waals surface area contributed by atoms with Crippen molar-refractivity contribution in [1.82, 2.24) is 0 Å². The second kappa shape index (κ2) is 5.59. The summed E-state index contributed by atoms with van der Waals surface area (Å²) < 4.78 is 27.0. The third-order valence-corrected chi connectivity index (χ3v) is 2.46. The van der Waals surface area contributed by atoms with Crippen LogP contribution in [0.2, 0.25) is 0 Å². The molecule has 0 saturated heterocycles. The molecule has 104 valence electrons. The molecule has 0 amide bonds. The third-order valence-electron chi connectivity index (χ3n) is 2.46. The van der Waals surface area contributed by atoms with Gasteiger partial charge in [-0.25, -0.2) is 8.78 Å². The lowest BCUT2D eigenvalue weighted by atomic mass is 10.2. The summed E-state index contributed by atoms with van der Waals surface area (Å²) in [6.45, 7) is 2.38. The number of nitrogens with zero attached hydrogens (tertiary/aromatic N) is 2. The SMILES string of the molecule is CC(C)N(CC(=O)O)c1c([N+](=O)[O-])ccc(F)c1F. The van der Waals surface area contributed by atoms with E-state index in [1.807, 2.05) is 0 Å². The van der Waals surface area contributed by atoms with Crippen molar-refractivity contribution in [2.24, 2.45) is 0 Å². The van der Waals surface area contributed by atoms with Crippen molar-refractivity contribution < 1.29 is 23.6 Å². The molecule has 0 aromatic heterocycles. The molecule has 1 aromatic carbocycles. The number of rotatable bonds is 5. The summed E-state index contributed by atoms with van der Waals surface area (Å²) in [6.07, 6.45) is 0. The van der Waals surface area contributed by atoms with E-state index in [4.69, 9.17) is 5.11 Å². The van der Waals surface area contributed by atoms with Crippen LogP contribution in [0.5, 0.6) is 0 Å². The zero-order chi connectivity index (χ0) is 14.7. The largest absolute Gasteiger partial charge is 0.480 e. The van der Waals surface area contributed by atoms with Crippen molar-refractivity contribution in [1.29, 1.82) is 0 Å². The number of benzene rings is 1. The van der Waals surface area contributed by atoms with Gasteiger partial charge in [-0.05, 0) is 19.9 Å². The standard InChI is InChI=1S/C11H12F2N2O4/c1-6(2)14(5-9(16)17)11-8(15(18)19)4-3-7(12)10(11)13/h3-4,6H,5H2,1-2H3,(H,16,17). The molecule has 0 aliphatic carbocycles. The van der Waals surface area contributed by atoms with Crippen LogP contribution in [0.3, 0.4) is 0 Å². The number of nitro groups is 1. The molecule has 0 saturated carbocycles. The lowest BCUT2D eigenvalue weighted by Crippen LogP contribution is -2.37. The molecule has 0 unspecified atom stereocenters. The van der Waals surface area contributed by atoms with Crippen LogP contribution in [0.15, 0.2) is 12.1 Å². The van der Waals surface area contributed by atoms with Crippen molar-refractivity contribution in [3.8, 4) is 0 Å². The topological polar surface area (TPSA) is 83.7 Å². The van der Waals surface area contributed by atoms with Crippen LogP contribution in [-0.2, 0) is 4.79 Å². The van der Waals surface area contributed by atoms with Crippen molar-refractivity contribution in [2.75, 3.05) is 11.4 Å². The van der Waals surface area contributed by atoms with Crippen molar-refractivity contribution in [3.05, 3.63) is 33.9 Å². The summed E-state index contributed by atoms with van der Waals surface area (Å²) >= 11 is 0. The first-order chi connectivity index (χ1) is 8.75. The molecule has 0 heterocycles. The smallest absolute Gasteiger partial charge is 0.323 e. The molecule has 8 heteroatoms. The minimum Gasteiger partial charge on any atom is -0.480 e. The molecule has 6 nitrogen and oxygen atoms in total. The van der Waals surface area contributed by atoms with Crippen LogP contribution in [0.25, 0.3) is 0 Å². The van der Waals surface area contributed by atoms with Gasteiger partial charge >= 0.3 is 5.97 Å². The molecule has 0 bridgehead atoms. The molecule has 0 fully saturated rings. The van der Waals surface area contributed by atoms with Gasteiger partial charge in [0, 0.05) is 12.1 Å². The molecule has 0 atom stereocenters. The Morgan fingerprint density at radius 3 is 2.47 bits per heavy atom. The Balaban J connectivity index is 3.46. The van der Waals surface area contributed by atoms with Crippen molar-refractivity contribution in [3.63, 3.8) is 0 Å². The molecule has 1 N–H and O–H groups in total. The number of carboxylic acid groups (broad SMARTS) is 1. The van der Waals surface area contributed by atoms with Crippen molar-refractivity contribution >= 4 is 17.3 Å². The molecule has 1 aromatic rings. The molecular weight excluding hydrogens is 262 g/mol. The predicted molar refractivity (Wildman–Crippen MR) is 63.1 cm³/mol. The summed E-state index contributed by atoms with van der Waals surface area (Å²) in [5.41, 5.74) is -1.32. The number of halogens is 2. The van der Waals surface area contributed by atoms with Gasteiger partial charge in [0.2, 0.25) is 0 Å². The quantitative estimate of drug-likeness (QED) is 0.657. The van der Waals surface area contributed by atoms with E-state index in [2.05, 4.69) is 0 Å². The van der Waals surface area contributed by atoms with Crippen LogP contribution in [0, 0.1) is 21.7 Å². The van der Waals surface area contributed by atoms with Gasteiger partial charge in [-0.15, -0.1) is 0 Å². The molecule has 19 heavy (non-hydrogen) atoms. The van der Waals surface area contributed by atoms with Gasteiger partial charge in [0.25, 0.3) is 5.69 Å². The van der Waals surface area contributed by atoms with E-state index in [9.17, 15) is 23.7 Å². The van der Waals surface area contributed by atoms with E-state index in [0.29, 0.717) is 6.07 Å². The van der Waals surface area contributed by atoms with Crippen molar-refractivity contribution in [2.45, 2.75) is 19.9 Å². The number of carboxylic acids is 1. The van der Waals surface area contributed by atoms with Crippen LogP contribution >= 0.6 is 0 Å². The Kier molecular flexibility index (Phi) is 4.36. The number of hydrogen-bond acceptors (Lipinski definition) is 4. The Morgan fingerprint density at radius 2 is 2.05 bits per heavy atom. The summed E-state index contributed by atoms with van der Waals surface area (Å²) in [5.74, 6) is -3.99. The molecule has 1 rings (SSSR count). The van der Waals surface area contributed by atoms with Gasteiger partial charge in [0.1, 0.15) is 6.54 Å². The average Bonchev–Trinajstić information content (AvgIpc) is 2.29. The molecular formula is C11H12F2N2O4. The first-order valence-electron chi connectivity index (χ1n) is 5.36. The lowest BCUT2D eigenvalue weighted by Gasteiger charge is -2.27. The van der Waals surface area contributed by atoms with Crippen LogP contribution in [0.4, 0.5) is 20.2 Å². The highest BCUT2D eigenvalue weighted by Crippen LogP contribution is 2.33. The maximum Gasteiger partial charge on any atom is 0.323 e. The number of carbonyl (C=O) groups is 1. The first-order valence-corrected chi connectivity index (χ1v) is 5.36. The van der Waals surface area contributed by atoms with E-state index in [-0.39, 0.29) is 0 Å². The van der Waals surface area contributed by atoms with Gasteiger partial charge in [0.05, 0.1) is 4.92 Å². The van der Waals surface area contributed by atoms with Gasteiger partial charge in [-0.3, -0.25) is 14.9 Å². The maximum atomic E-state index is 13.8. The third kappa shape index (κ3) is 3.15. The Morgan fingerprint density at radius 1 is 1.47 bits per heavy atom. The minimum atomic E-state index is -1.43. The van der Waals surface area contributed by atoms with E-state index in [1.54, 1.807) is 0 Å². The predicted octanol–water partition coefficient (Wildman–Crippen LogP) is 2.17. The maximum absolute atomic E-state index is 13.8. The van der Waals surface area contributed by atoms with Gasteiger partial charge in [-0.2, -0.15) is 0 Å². The van der Waals surface area contributed by atoms with Crippen LogP contribution < -0.4 is 4.90 Å². The Bertz CT molecular complexity index is 520. The second-order valence-corrected chi connectivity index (χ2v) is 4.10. The van der Waals surface area contributed by atoms with E-state index < -0.39 is 46.5 Å². The fraction of sp³-hybridized carbons (Fsp3) is 0.364. The van der Waals surface area contributed by atoms with E-state index >= 15 is 0 Å². The zero-order valence-electron chi connectivity index (χ0n) is 10.3. The lowest BCUT2D eigenvalue weighted by molar-refractivity contribution is -0.384. The Labute approximate surface area is 107 Å². The summed E-state index contributed by atoms with van der Waals surface area (Å²) in [7, 11) is 0. The fourth-order valence-corrected chi connectivity index (χ4v) is 1.62. The number of hydrogen-bond donors (Lipinski definition) is 1. The molecule has 0 aliphatic rings. The monoisotopic (exact) mass is 274 g/mol. The Hall–Kier alpha value is -2.25. The summed E-state index contributed by atoms with van der Waals surface area (Å²) in [6, 6.07) is 0.896. The molecule has 0 radical (unpaired) electrons. The summed E-state index contributed by atoms with van der Waals surface area (Å²) in [5, 5.41) is 19.6. The van der Waals surface area contributed by atoms with E-state index in [1.165, 1.54) is 13.8 Å². The number of anilines is 1. The zero-order valence-corrected chi connectivity index (χ0v) is 10.3. The van der Waals surface area contributed by atoms with Crippen LogP contribution in [0.1, 0.15) is 13.8 Å². The first kappa shape index (κ1) is 14.8. The highest BCUT2D eigenvalue weighted by molar-refractivity contribution is 5.76. The fourth-order valence-electron chi connectivity index (χ4n) is 1.62.